The van der Waals surface area contributed by atoms with E-state index < -0.39 is 0 Å². The van der Waals surface area contributed by atoms with Crippen LogP contribution in [0.4, 0.5) is 0 Å². The van der Waals surface area contributed by atoms with Gasteiger partial charge in [0.2, 0.25) is 0 Å². The Bertz CT molecular complexity index is 2490. The molecule has 0 spiro atoms. The molecule has 0 aliphatic heterocycles. The summed E-state index contributed by atoms with van der Waals surface area (Å²) in [5.74, 6) is 0. The van der Waals surface area contributed by atoms with Gasteiger partial charge < -0.3 is 0 Å². The van der Waals surface area contributed by atoms with Gasteiger partial charge in [-0.3, -0.25) is 9.97 Å². The lowest BCUT2D eigenvalue weighted by Gasteiger charge is -2.00. The molecule has 0 saturated heterocycles. The van der Waals surface area contributed by atoms with E-state index in [9.17, 15) is 0 Å². The van der Waals surface area contributed by atoms with Crippen LogP contribution < -0.4 is 0 Å². The van der Waals surface area contributed by atoms with E-state index in [1.165, 1.54) is 71.0 Å². The predicted molar refractivity (Wildman–Crippen MR) is 203 cm³/mol. The van der Waals surface area contributed by atoms with E-state index >= 15 is 0 Å². The summed E-state index contributed by atoms with van der Waals surface area (Å²) in [6.07, 6.45) is 3.98. The summed E-state index contributed by atoms with van der Waals surface area (Å²) in [6.45, 7) is 0. The van der Waals surface area contributed by atoms with Crippen LogP contribution in [-0.4, -0.2) is 9.97 Å². The minimum absolute atomic E-state index is 1.06. The minimum Gasteiger partial charge on any atom is -0.255 e. The third kappa shape index (κ3) is 4.49. The first-order valence-electron chi connectivity index (χ1n) is 15.0. The number of pyridine rings is 2. The Morgan fingerprint density at radius 3 is 1.20 bits per heavy atom. The molecule has 0 aliphatic carbocycles. The molecule has 0 fully saturated rings. The van der Waals surface area contributed by atoms with Crippen LogP contribution in [0.5, 0.6) is 0 Å². The van der Waals surface area contributed by atoms with E-state index in [0.717, 1.165) is 22.2 Å². The van der Waals surface area contributed by atoms with Crippen molar-refractivity contribution in [2.75, 3.05) is 0 Å². The number of hydrogen-bond donors (Lipinski definition) is 0. The van der Waals surface area contributed by atoms with E-state index in [4.69, 9.17) is 9.97 Å². The standard InChI is InChI=1S/C40H22N2S4/c1-3-7-23(8-4-1)29-17-35-31(41-21-29)19-39(45-35)37-15-27-11-25-14-34-28(12-26(25)13-33(27)43-37)16-38(44-34)40-20-32-36(46-40)18-30(22-42-32)24-9-5-2-6-10-24/h1-22H. The van der Waals surface area contributed by atoms with Crippen molar-refractivity contribution in [3.63, 3.8) is 0 Å². The maximum Gasteiger partial charge on any atom is 0.0816 e. The quantitative estimate of drug-likeness (QED) is 0.188. The second-order valence-electron chi connectivity index (χ2n) is 11.5. The van der Waals surface area contributed by atoms with Crippen LogP contribution in [-0.2, 0) is 0 Å². The van der Waals surface area contributed by atoms with Crippen LogP contribution in [0.25, 0.3) is 93.1 Å². The highest BCUT2D eigenvalue weighted by atomic mass is 32.1. The van der Waals surface area contributed by atoms with Crippen molar-refractivity contribution in [2.45, 2.75) is 0 Å². The van der Waals surface area contributed by atoms with Gasteiger partial charge in [0.15, 0.2) is 0 Å². The normalized spacial score (nSPS) is 11.9. The molecule has 0 bridgehead atoms. The van der Waals surface area contributed by atoms with Crippen molar-refractivity contribution in [2.24, 2.45) is 0 Å². The van der Waals surface area contributed by atoms with E-state index in [1.54, 1.807) is 0 Å². The van der Waals surface area contributed by atoms with Crippen LogP contribution in [0.3, 0.4) is 0 Å². The van der Waals surface area contributed by atoms with Crippen LogP contribution in [0.15, 0.2) is 134 Å². The van der Waals surface area contributed by atoms with Gasteiger partial charge in [0.05, 0.1) is 20.4 Å². The fraction of sp³-hybridized carbons (Fsp3) is 0. The zero-order valence-electron chi connectivity index (χ0n) is 24.2. The van der Waals surface area contributed by atoms with Crippen LogP contribution in [0, 0.1) is 0 Å². The second-order valence-corrected chi connectivity index (χ2v) is 15.9. The van der Waals surface area contributed by atoms with Gasteiger partial charge in [0.25, 0.3) is 0 Å². The lowest BCUT2D eigenvalue weighted by Crippen LogP contribution is -1.78. The topological polar surface area (TPSA) is 25.8 Å². The summed E-state index contributed by atoms with van der Waals surface area (Å²) in [6, 6.07) is 44.1. The molecule has 0 unspecified atom stereocenters. The molecule has 216 valence electrons. The number of fused-ring (bicyclic) bond motifs is 5. The van der Waals surface area contributed by atoms with E-state index in [1.807, 2.05) is 57.7 Å². The SMILES string of the molecule is c1ccc(-c2cnc3cc(-c4cc5cc6cc7sc(-c8cc9ncc(-c%10ccccc%10)cc9s8)cc7cc6cc5s4)sc3c2)cc1. The Hall–Kier alpha value is -4.72. The Morgan fingerprint density at radius 2 is 0.739 bits per heavy atom. The Morgan fingerprint density at radius 1 is 0.326 bits per heavy atom. The summed E-state index contributed by atoms with van der Waals surface area (Å²) in [5.41, 5.74) is 6.84. The third-order valence-electron chi connectivity index (χ3n) is 8.55. The number of hydrogen-bond acceptors (Lipinski definition) is 6. The summed E-state index contributed by atoms with van der Waals surface area (Å²) in [7, 11) is 0. The molecule has 46 heavy (non-hydrogen) atoms. The molecule has 0 aliphatic rings. The lowest BCUT2D eigenvalue weighted by atomic mass is 10.1. The first-order valence-corrected chi connectivity index (χ1v) is 18.3. The largest absolute Gasteiger partial charge is 0.255 e. The second kappa shape index (κ2) is 10.4. The molecule has 6 heteroatoms. The fourth-order valence-electron chi connectivity index (χ4n) is 6.22. The first-order chi connectivity index (χ1) is 22.7. The molecule has 6 heterocycles. The smallest absolute Gasteiger partial charge is 0.0816 e. The van der Waals surface area contributed by atoms with Crippen LogP contribution in [0.1, 0.15) is 0 Å². The van der Waals surface area contributed by atoms with E-state index in [0.29, 0.717) is 0 Å². The van der Waals surface area contributed by atoms with Crippen LogP contribution >= 0.6 is 45.3 Å². The maximum atomic E-state index is 4.80. The van der Waals surface area contributed by atoms with E-state index in [2.05, 4.69) is 121 Å². The molecule has 0 N–H and O–H groups in total. The van der Waals surface area contributed by atoms with Crippen molar-refractivity contribution < 1.29 is 0 Å². The lowest BCUT2D eigenvalue weighted by molar-refractivity contribution is 1.42. The Labute approximate surface area is 280 Å². The minimum atomic E-state index is 1.06. The van der Waals surface area contributed by atoms with Crippen molar-refractivity contribution in [1.82, 2.24) is 9.97 Å². The van der Waals surface area contributed by atoms with Crippen molar-refractivity contribution >= 4 is 96.7 Å². The average molecular weight is 659 g/mol. The molecule has 0 radical (unpaired) electrons. The zero-order chi connectivity index (χ0) is 30.2. The third-order valence-corrected chi connectivity index (χ3v) is 13.3. The summed E-state index contributed by atoms with van der Waals surface area (Å²) in [4.78, 5) is 14.7. The Kier molecular flexibility index (Phi) is 5.99. The number of aromatic nitrogens is 2. The maximum absolute atomic E-state index is 4.80. The van der Waals surface area contributed by atoms with Gasteiger partial charge >= 0.3 is 0 Å². The zero-order valence-corrected chi connectivity index (χ0v) is 27.5. The van der Waals surface area contributed by atoms with Crippen LogP contribution in [0.2, 0.25) is 0 Å². The van der Waals surface area contributed by atoms with Gasteiger partial charge in [-0.15, -0.1) is 45.3 Å². The van der Waals surface area contributed by atoms with Crippen molar-refractivity contribution in [3.8, 4) is 41.8 Å². The molecular weight excluding hydrogens is 637 g/mol. The molecular formula is C40H22N2S4. The fourth-order valence-corrected chi connectivity index (χ4v) is 10.7. The summed E-state index contributed by atoms with van der Waals surface area (Å²) in [5, 5.41) is 5.16. The van der Waals surface area contributed by atoms with Gasteiger partial charge in [0, 0.05) is 52.4 Å². The predicted octanol–water partition coefficient (Wildman–Crippen LogP) is 13.2. The van der Waals surface area contributed by atoms with Crippen molar-refractivity contribution in [1.29, 1.82) is 0 Å². The molecule has 0 saturated carbocycles. The Balaban J connectivity index is 0.996. The van der Waals surface area contributed by atoms with E-state index in [-0.39, 0.29) is 0 Å². The van der Waals surface area contributed by atoms with Gasteiger partial charge in [-0.2, -0.15) is 0 Å². The monoisotopic (exact) mass is 658 g/mol. The number of thiophene rings is 4. The molecule has 0 amide bonds. The van der Waals surface area contributed by atoms with Gasteiger partial charge in [-0.1, -0.05) is 60.7 Å². The number of benzene rings is 4. The van der Waals surface area contributed by atoms with Gasteiger partial charge in [0.1, 0.15) is 0 Å². The molecule has 0 atom stereocenters. The molecule has 2 nitrogen and oxygen atoms in total. The molecule has 10 aromatic rings. The summed E-state index contributed by atoms with van der Waals surface area (Å²) < 4.78 is 5.08. The highest BCUT2D eigenvalue weighted by Crippen LogP contribution is 2.44. The molecule has 6 aromatic heterocycles. The highest BCUT2D eigenvalue weighted by Gasteiger charge is 2.14. The average Bonchev–Trinajstić information content (AvgIpc) is 3.90. The van der Waals surface area contributed by atoms with Crippen molar-refractivity contribution in [3.05, 3.63) is 134 Å². The number of nitrogens with zero attached hydrogens (tertiary/aromatic N) is 2. The number of rotatable bonds is 4. The van der Waals surface area contributed by atoms with Gasteiger partial charge in [-0.05, 0) is 93.3 Å². The van der Waals surface area contributed by atoms with Gasteiger partial charge in [-0.25, -0.2) is 0 Å². The summed E-state index contributed by atoms with van der Waals surface area (Å²) >= 11 is 7.40. The molecule has 10 rings (SSSR count). The highest BCUT2D eigenvalue weighted by molar-refractivity contribution is 7.29. The molecule has 4 aromatic carbocycles. The first kappa shape index (κ1) is 26.5.